The second-order valence-electron chi connectivity index (χ2n) is 5.49. The van der Waals surface area contributed by atoms with Crippen molar-refractivity contribution in [3.8, 4) is 0 Å². The van der Waals surface area contributed by atoms with Crippen LogP contribution in [0.5, 0.6) is 0 Å². The normalized spacial score (nSPS) is 10.8. The van der Waals surface area contributed by atoms with E-state index in [-0.39, 0.29) is 29.9 Å². The Morgan fingerprint density at radius 2 is 2.11 bits per heavy atom. The molecule has 2 N–H and O–H groups in total. The summed E-state index contributed by atoms with van der Waals surface area (Å²) in [5.41, 5.74) is 0. The Labute approximate surface area is 169 Å². The molecule has 0 fully saturated rings. The number of hydrogen-bond donors (Lipinski definition) is 2. The molecule has 0 bridgehead atoms. The van der Waals surface area contributed by atoms with E-state index >= 15 is 0 Å². The Bertz CT molecular complexity index is 936. The van der Waals surface area contributed by atoms with Gasteiger partial charge < -0.3 is 14.3 Å². The van der Waals surface area contributed by atoms with E-state index < -0.39 is 0 Å². The lowest BCUT2D eigenvalue weighted by molar-refractivity contribution is -0.113. The highest BCUT2D eigenvalue weighted by Gasteiger charge is 2.16. The van der Waals surface area contributed by atoms with Gasteiger partial charge in [-0.05, 0) is 25.5 Å². The Morgan fingerprint density at radius 1 is 1.25 bits per heavy atom. The summed E-state index contributed by atoms with van der Waals surface area (Å²) in [5.74, 6) is 0.478. The summed E-state index contributed by atoms with van der Waals surface area (Å²) >= 11 is 2.63. The van der Waals surface area contributed by atoms with Crippen molar-refractivity contribution in [2.45, 2.75) is 38.5 Å². The standard InChI is InChI=1S/C16H19N7O3S2/c1-3-13-20-21-15(28-13)18-12(24)9-27-16-22-19-11(23(16)4-2)8-17-14(25)10-6-5-7-26-10/h5-7H,3-4,8-9H2,1-2H3,(H,17,25)(H,18,21,24). The third-order valence-electron chi connectivity index (χ3n) is 3.61. The van der Waals surface area contributed by atoms with Crippen LogP contribution in [0.3, 0.4) is 0 Å². The van der Waals surface area contributed by atoms with Crippen LogP contribution < -0.4 is 10.6 Å². The van der Waals surface area contributed by atoms with E-state index in [2.05, 4.69) is 31.0 Å². The van der Waals surface area contributed by atoms with Crippen molar-refractivity contribution < 1.29 is 14.0 Å². The molecule has 3 aromatic rings. The second kappa shape index (κ2) is 9.46. The van der Waals surface area contributed by atoms with Crippen molar-refractivity contribution in [3.63, 3.8) is 0 Å². The quantitative estimate of drug-likeness (QED) is 0.502. The fourth-order valence-electron chi connectivity index (χ4n) is 2.26. The van der Waals surface area contributed by atoms with Crippen molar-refractivity contribution in [1.82, 2.24) is 30.3 Å². The highest BCUT2D eigenvalue weighted by atomic mass is 32.2. The monoisotopic (exact) mass is 421 g/mol. The number of rotatable bonds is 9. The van der Waals surface area contributed by atoms with Crippen molar-refractivity contribution in [1.29, 1.82) is 0 Å². The van der Waals surface area contributed by atoms with E-state index in [9.17, 15) is 9.59 Å². The molecule has 3 heterocycles. The molecule has 0 saturated carbocycles. The minimum atomic E-state index is -0.326. The number of aryl methyl sites for hydroxylation is 1. The first kappa shape index (κ1) is 20.0. The fourth-order valence-corrected chi connectivity index (χ4v) is 3.78. The molecular weight excluding hydrogens is 402 g/mol. The zero-order valence-corrected chi connectivity index (χ0v) is 17.0. The van der Waals surface area contributed by atoms with Gasteiger partial charge in [0.25, 0.3) is 5.91 Å². The first-order valence-corrected chi connectivity index (χ1v) is 10.4. The second-order valence-corrected chi connectivity index (χ2v) is 7.50. The van der Waals surface area contributed by atoms with E-state index in [4.69, 9.17) is 4.42 Å². The van der Waals surface area contributed by atoms with Gasteiger partial charge in [-0.2, -0.15) is 0 Å². The molecule has 28 heavy (non-hydrogen) atoms. The maximum absolute atomic E-state index is 12.1. The molecule has 0 aliphatic carbocycles. The van der Waals surface area contributed by atoms with Gasteiger partial charge in [0.2, 0.25) is 11.0 Å². The summed E-state index contributed by atoms with van der Waals surface area (Å²) in [5, 5.41) is 23.6. The molecule has 0 spiro atoms. The van der Waals surface area contributed by atoms with Crippen LogP contribution in [0.25, 0.3) is 0 Å². The van der Waals surface area contributed by atoms with Gasteiger partial charge >= 0.3 is 0 Å². The number of aromatic nitrogens is 5. The number of hydrogen-bond acceptors (Lipinski definition) is 9. The van der Waals surface area contributed by atoms with E-state index in [0.29, 0.717) is 22.7 Å². The third-order valence-corrected chi connectivity index (χ3v) is 5.56. The molecule has 0 saturated heterocycles. The van der Waals surface area contributed by atoms with Gasteiger partial charge in [0.1, 0.15) is 5.01 Å². The smallest absolute Gasteiger partial charge is 0.287 e. The largest absolute Gasteiger partial charge is 0.459 e. The van der Waals surface area contributed by atoms with Crippen molar-refractivity contribution in [2.75, 3.05) is 11.1 Å². The highest BCUT2D eigenvalue weighted by molar-refractivity contribution is 7.99. The summed E-state index contributed by atoms with van der Waals surface area (Å²) in [4.78, 5) is 24.1. The molecule has 0 aromatic carbocycles. The predicted molar refractivity (Wildman–Crippen MR) is 104 cm³/mol. The van der Waals surface area contributed by atoms with Gasteiger partial charge in [-0.15, -0.1) is 20.4 Å². The molecule has 0 unspecified atom stereocenters. The lowest BCUT2D eigenvalue weighted by atomic mass is 10.4. The van der Waals surface area contributed by atoms with Crippen LogP contribution >= 0.6 is 23.1 Å². The summed E-state index contributed by atoms with van der Waals surface area (Å²) < 4.78 is 6.90. The Hall–Kier alpha value is -2.73. The summed E-state index contributed by atoms with van der Waals surface area (Å²) in [7, 11) is 0. The number of anilines is 1. The average Bonchev–Trinajstić information content (AvgIpc) is 3.44. The zero-order valence-electron chi connectivity index (χ0n) is 15.3. The molecule has 3 rings (SSSR count). The van der Waals surface area contributed by atoms with Crippen LogP contribution in [0, 0.1) is 0 Å². The van der Waals surface area contributed by atoms with Gasteiger partial charge in [-0.3, -0.25) is 14.9 Å². The minimum absolute atomic E-state index is 0.165. The molecule has 0 atom stereocenters. The topological polar surface area (TPSA) is 128 Å². The van der Waals surface area contributed by atoms with Crippen molar-refractivity contribution in [3.05, 3.63) is 35.0 Å². The fraction of sp³-hybridized carbons (Fsp3) is 0.375. The molecule has 3 aromatic heterocycles. The lowest BCUT2D eigenvalue weighted by Gasteiger charge is -2.07. The van der Waals surface area contributed by atoms with Crippen molar-refractivity contribution >= 4 is 40.0 Å². The van der Waals surface area contributed by atoms with Crippen LogP contribution in [-0.4, -0.2) is 42.5 Å². The van der Waals surface area contributed by atoms with Crippen LogP contribution in [-0.2, 0) is 24.3 Å². The van der Waals surface area contributed by atoms with Crippen LogP contribution in [0.2, 0.25) is 0 Å². The van der Waals surface area contributed by atoms with Crippen LogP contribution in [0.15, 0.2) is 28.0 Å². The first-order chi connectivity index (χ1) is 13.6. The zero-order chi connectivity index (χ0) is 19.9. The van der Waals surface area contributed by atoms with Gasteiger partial charge in [0.15, 0.2) is 16.7 Å². The van der Waals surface area contributed by atoms with Gasteiger partial charge in [-0.25, -0.2) is 0 Å². The summed E-state index contributed by atoms with van der Waals surface area (Å²) in [6, 6.07) is 3.23. The van der Waals surface area contributed by atoms with Crippen LogP contribution in [0.1, 0.15) is 35.2 Å². The Balaban J connectivity index is 1.54. The molecule has 0 radical (unpaired) electrons. The minimum Gasteiger partial charge on any atom is -0.459 e. The molecule has 10 nitrogen and oxygen atoms in total. The van der Waals surface area contributed by atoms with Crippen molar-refractivity contribution in [2.24, 2.45) is 0 Å². The number of carbonyl (C=O) groups excluding carboxylic acids is 2. The van der Waals surface area contributed by atoms with Gasteiger partial charge in [0.05, 0.1) is 18.6 Å². The predicted octanol–water partition coefficient (Wildman–Crippen LogP) is 1.97. The van der Waals surface area contributed by atoms with Gasteiger partial charge in [-0.1, -0.05) is 30.0 Å². The SMILES string of the molecule is CCc1nnc(NC(=O)CSc2nnc(CNC(=O)c3ccco3)n2CC)s1. The van der Waals surface area contributed by atoms with E-state index in [1.165, 1.54) is 29.4 Å². The summed E-state index contributed by atoms with van der Waals surface area (Å²) in [6.07, 6.45) is 2.22. The van der Waals surface area contributed by atoms with E-state index in [1.54, 1.807) is 12.1 Å². The maximum atomic E-state index is 12.1. The van der Waals surface area contributed by atoms with Crippen LogP contribution in [0.4, 0.5) is 5.13 Å². The van der Waals surface area contributed by atoms with E-state index in [0.717, 1.165) is 11.4 Å². The number of amides is 2. The highest BCUT2D eigenvalue weighted by Crippen LogP contribution is 2.19. The molecule has 0 aliphatic heterocycles. The number of carbonyl (C=O) groups is 2. The van der Waals surface area contributed by atoms with E-state index in [1.807, 2.05) is 18.4 Å². The average molecular weight is 422 g/mol. The lowest BCUT2D eigenvalue weighted by Crippen LogP contribution is -2.24. The number of thioether (sulfide) groups is 1. The van der Waals surface area contributed by atoms with Gasteiger partial charge in [0, 0.05) is 6.54 Å². The Morgan fingerprint density at radius 3 is 2.79 bits per heavy atom. The molecule has 12 heteroatoms. The molecule has 0 aliphatic rings. The third kappa shape index (κ3) is 4.95. The Kier molecular flexibility index (Phi) is 6.76. The summed E-state index contributed by atoms with van der Waals surface area (Å²) in [6.45, 7) is 4.74. The number of nitrogens with zero attached hydrogens (tertiary/aromatic N) is 5. The molecular formula is C16H19N7O3S2. The molecule has 2 amide bonds. The molecule has 148 valence electrons. The first-order valence-electron chi connectivity index (χ1n) is 8.59. The maximum Gasteiger partial charge on any atom is 0.287 e. The number of nitrogens with one attached hydrogen (secondary N) is 2. The number of furan rings is 1.